The lowest BCUT2D eigenvalue weighted by Gasteiger charge is -2.33. The monoisotopic (exact) mass is 278 g/mol. The topological polar surface area (TPSA) is 80.9 Å². The minimum absolute atomic E-state index is 0.245. The number of rotatable bonds is 4. The summed E-state index contributed by atoms with van der Waals surface area (Å²) in [5, 5.41) is 21.6. The molecule has 3 rings (SSSR count). The van der Waals surface area contributed by atoms with E-state index in [9.17, 15) is 9.90 Å². The van der Waals surface area contributed by atoms with Gasteiger partial charge >= 0.3 is 5.97 Å². The van der Waals surface area contributed by atoms with Gasteiger partial charge in [0.05, 0.1) is 12.0 Å². The number of nitrogens with zero attached hydrogens (tertiary/aromatic N) is 4. The third kappa shape index (κ3) is 2.21. The van der Waals surface area contributed by atoms with Crippen molar-refractivity contribution in [3.63, 3.8) is 0 Å². The van der Waals surface area contributed by atoms with Gasteiger partial charge in [-0.1, -0.05) is 33.1 Å². The van der Waals surface area contributed by atoms with Crippen LogP contribution in [-0.2, 0) is 11.3 Å². The Morgan fingerprint density at radius 3 is 2.55 bits per heavy atom. The number of aliphatic carboxylic acids is 1. The summed E-state index contributed by atoms with van der Waals surface area (Å²) in [5.74, 6) is 0.529. The predicted octanol–water partition coefficient (Wildman–Crippen LogP) is 2.22. The summed E-state index contributed by atoms with van der Waals surface area (Å²) in [5.41, 5.74) is -0.434. The van der Waals surface area contributed by atoms with Crippen LogP contribution in [0.2, 0.25) is 0 Å². The third-order valence-corrected chi connectivity index (χ3v) is 5.10. The first-order valence-electron chi connectivity index (χ1n) is 7.44. The van der Waals surface area contributed by atoms with E-state index in [4.69, 9.17) is 0 Å². The maximum atomic E-state index is 11.7. The Bertz CT molecular complexity index is 517. The van der Waals surface area contributed by atoms with E-state index in [1.807, 2.05) is 0 Å². The van der Waals surface area contributed by atoms with Crippen molar-refractivity contribution in [2.45, 2.75) is 64.8 Å². The molecule has 2 aliphatic carbocycles. The molecule has 2 fully saturated rings. The van der Waals surface area contributed by atoms with Gasteiger partial charge in [0.1, 0.15) is 0 Å². The minimum Gasteiger partial charge on any atom is -0.481 e. The van der Waals surface area contributed by atoms with Crippen molar-refractivity contribution in [3.05, 3.63) is 5.82 Å². The summed E-state index contributed by atoms with van der Waals surface area (Å²) in [4.78, 5) is 11.7. The van der Waals surface area contributed by atoms with Gasteiger partial charge in [-0.15, -0.1) is 5.10 Å². The Kier molecular flexibility index (Phi) is 3.06. The Morgan fingerprint density at radius 2 is 2.00 bits per heavy atom. The van der Waals surface area contributed by atoms with Crippen LogP contribution in [0.1, 0.15) is 64.1 Å². The van der Waals surface area contributed by atoms with Gasteiger partial charge in [-0.05, 0) is 35.1 Å². The lowest BCUT2D eigenvalue weighted by atomic mass is 9.74. The van der Waals surface area contributed by atoms with Crippen LogP contribution in [0.15, 0.2) is 0 Å². The lowest BCUT2D eigenvalue weighted by molar-refractivity contribution is -0.152. The molecule has 0 aliphatic heterocycles. The van der Waals surface area contributed by atoms with E-state index in [-0.39, 0.29) is 5.41 Å². The highest BCUT2D eigenvalue weighted by molar-refractivity contribution is 5.74. The van der Waals surface area contributed by atoms with Gasteiger partial charge in [-0.3, -0.25) is 4.79 Å². The molecule has 2 aliphatic rings. The molecule has 1 unspecified atom stereocenters. The first-order valence-corrected chi connectivity index (χ1v) is 7.44. The zero-order valence-electron chi connectivity index (χ0n) is 12.2. The molecule has 0 aromatic carbocycles. The first kappa shape index (κ1) is 13.5. The van der Waals surface area contributed by atoms with Crippen molar-refractivity contribution < 1.29 is 9.90 Å². The molecule has 1 atom stereocenters. The summed E-state index contributed by atoms with van der Waals surface area (Å²) in [7, 11) is 0. The second-order valence-electron chi connectivity index (χ2n) is 7.09. The largest absolute Gasteiger partial charge is 0.481 e. The van der Waals surface area contributed by atoms with Crippen molar-refractivity contribution in [1.82, 2.24) is 20.2 Å². The van der Waals surface area contributed by atoms with Crippen molar-refractivity contribution >= 4 is 5.97 Å². The van der Waals surface area contributed by atoms with E-state index >= 15 is 0 Å². The van der Waals surface area contributed by atoms with E-state index in [1.54, 1.807) is 4.68 Å². The Hall–Kier alpha value is -1.46. The lowest BCUT2D eigenvalue weighted by Crippen LogP contribution is -2.38. The summed E-state index contributed by atoms with van der Waals surface area (Å²) in [6.07, 6.45) is 5.64. The fourth-order valence-corrected chi connectivity index (χ4v) is 3.44. The fourth-order valence-electron chi connectivity index (χ4n) is 3.44. The van der Waals surface area contributed by atoms with Crippen LogP contribution in [0.25, 0.3) is 0 Å². The van der Waals surface area contributed by atoms with Gasteiger partial charge < -0.3 is 5.11 Å². The molecule has 6 nitrogen and oxygen atoms in total. The van der Waals surface area contributed by atoms with Crippen LogP contribution in [0, 0.1) is 10.8 Å². The molecule has 1 aromatic heterocycles. The molecule has 2 saturated carbocycles. The Labute approximate surface area is 118 Å². The van der Waals surface area contributed by atoms with Crippen LogP contribution in [0.5, 0.6) is 0 Å². The molecular formula is C14H22N4O2. The normalized spacial score (nSPS) is 27.2. The number of hydrogen-bond acceptors (Lipinski definition) is 4. The van der Waals surface area contributed by atoms with Crippen molar-refractivity contribution in [2.24, 2.45) is 10.8 Å². The molecule has 0 bridgehead atoms. The highest BCUT2D eigenvalue weighted by Crippen LogP contribution is 2.58. The summed E-state index contributed by atoms with van der Waals surface area (Å²) < 4.78 is 1.75. The smallest absolute Gasteiger partial charge is 0.311 e. The van der Waals surface area contributed by atoms with E-state index in [1.165, 1.54) is 0 Å². The number of hydrogen-bond donors (Lipinski definition) is 1. The minimum atomic E-state index is -0.700. The quantitative estimate of drug-likeness (QED) is 0.913. The molecule has 6 heteroatoms. The predicted molar refractivity (Wildman–Crippen MR) is 72.1 cm³/mol. The van der Waals surface area contributed by atoms with E-state index in [0.29, 0.717) is 12.5 Å². The SMILES string of the molecule is CC1(C)CC1c1nnnn1CC1(C(=O)O)CCCCC1. The van der Waals surface area contributed by atoms with E-state index in [2.05, 4.69) is 29.4 Å². The maximum Gasteiger partial charge on any atom is 0.311 e. The highest BCUT2D eigenvalue weighted by Gasteiger charge is 2.50. The highest BCUT2D eigenvalue weighted by atomic mass is 16.4. The van der Waals surface area contributed by atoms with Crippen LogP contribution < -0.4 is 0 Å². The number of tetrazole rings is 1. The Balaban J connectivity index is 1.83. The van der Waals surface area contributed by atoms with Gasteiger partial charge in [0.15, 0.2) is 5.82 Å². The van der Waals surface area contributed by atoms with Gasteiger partial charge in [0.2, 0.25) is 0 Å². The van der Waals surface area contributed by atoms with Gasteiger partial charge in [-0.2, -0.15) is 0 Å². The second kappa shape index (κ2) is 4.53. The fraction of sp³-hybridized carbons (Fsp3) is 0.857. The zero-order valence-corrected chi connectivity index (χ0v) is 12.2. The van der Waals surface area contributed by atoms with E-state index in [0.717, 1.165) is 44.3 Å². The summed E-state index contributed by atoms with van der Waals surface area (Å²) in [6, 6.07) is 0. The number of carboxylic acids is 1. The van der Waals surface area contributed by atoms with Crippen molar-refractivity contribution in [3.8, 4) is 0 Å². The van der Waals surface area contributed by atoms with Crippen LogP contribution in [-0.4, -0.2) is 31.3 Å². The van der Waals surface area contributed by atoms with Crippen LogP contribution in [0.3, 0.4) is 0 Å². The molecule has 1 N–H and O–H groups in total. The van der Waals surface area contributed by atoms with Crippen molar-refractivity contribution in [1.29, 1.82) is 0 Å². The molecule has 1 heterocycles. The third-order valence-electron chi connectivity index (χ3n) is 5.10. The summed E-state index contributed by atoms with van der Waals surface area (Å²) >= 11 is 0. The average Bonchev–Trinajstić information content (AvgIpc) is 2.83. The molecule has 0 spiro atoms. The molecule has 20 heavy (non-hydrogen) atoms. The number of carboxylic acid groups (broad SMARTS) is 1. The van der Waals surface area contributed by atoms with Crippen LogP contribution >= 0.6 is 0 Å². The molecule has 110 valence electrons. The van der Waals surface area contributed by atoms with Gasteiger partial charge in [-0.25, -0.2) is 4.68 Å². The number of aromatic nitrogens is 4. The molecule has 0 radical (unpaired) electrons. The van der Waals surface area contributed by atoms with Gasteiger partial charge in [0.25, 0.3) is 0 Å². The van der Waals surface area contributed by atoms with Crippen molar-refractivity contribution in [2.75, 3.05) is 0 Å². The van der Waals surface area contributed by atoms with Crippen LogP contribution in [0.4, 0.5) is 0 Å². The molecule has 1 aromatic rings. The molecule has 0 amide bonds. The standard InChI is InChI=1S/C14H22N4O2/c1-13(2)8-10(13)11-15-16-17-18(11)9-14(12(19)20)6-4-3-5-7-14/h10H,3-9H2,1-2H3,(H,19,20). The first-order chi connectivity index (χ1) is 9.45. The number of carbonyl (C=O) groups is 1. The molecular weight excluding hydrogens is 256 g/mol. The zero-order chi connectivity index (χ0) is 14.4. The average molecular weight is 278 g/mol. The second-order valence-corrected chi connectivity index (χ2v) is 7.09. The Morgan fingerprint density at radius 1 is 1.35 bits per heavy atom. The molecule has 0 saturated heterocycles. The van der Waals surface area contributed by atoms with Gasteiger partial charge in [0, 0.05) is 5.92 Å². The summed E-state index contributed by atoms with van der Waals surface area (Å²) in [6.45, 7) is 4.81. The van der Waals surface area contributed by atoms with E-state index < -0.39 is 11.4 Å². The maximum absolute atomic E-state index is 11.7.